The van der Waals surface area contributed by atoms with Crippen molar-refractivity contribution in [2.24, 2.45) is 0 Å². The van der Waals surface area contributed by atoms with Crippen LogP contribution in [0.2, 0.25) is 0 Å². The van der Waals surface area contributed by atoms with Crippen LogP contribution in [0.15, 0.2) is 11.8 Å². The maximum absolute atomic E-state index is 6.63. The summed E-state index contributed by atoms with van der Waals surface area (Å²) in [5, 5.41) is 2.36. The zero-order valence-corrected chi connectivity index (χ0v) is 17.2. The monoisotopic (exact) mass is 379 g/mol. The SMILES string of the molecule is CC(C)(OC1=CC2OCOC2CC1)ON(C1CCCCC1)C1CCCCC1. The first-order chi connectivity index (χ1) is 13.1. The van der Waals surface area contributed by atoms with Gasteiger partial charge in [-0.2, -0.15) is 5.06 Å². The zero-order chi connectivity index (χ0) is 18.7. The van der Waals surface area contributed by atoms with E-state index in [9.17, 15) is 0 Å². The van der Waals surface area contributed by atoms with Crippen LogP contribution in [0.3, 0.4) is 0 Å². The van der Waals surface area contributed by atoms with E-state index in [1.807, 2.05) is 0 Å². The van der Waals surface area contributed by atoms with E-state index >= 15 is 0 Å². The first-order valence-electron chi connectivity index (χ1n) is 11.2. The number of hydrogen-bond donors (Lipinski definition) is 0. The molecule has 0 N–H and O–H groups in total. The van der Waals surface area contributed by atoms with Crippen LogP contribution < -0.4 is 0 Å². The highest BCUT2D eigenvalue weighted by molar-refractivity contribution is 5.08. The van der Waals surface area contributed by atoms with Gasteiger partial charge in [-0.15, -0.1) is 0 Å². The van der Waals surface area contributed by atoms with Crippen molar-refractivity contribution in [3.63, 3.8) is 0 Å². The molecule has 0 radical (unpaired) electrons. The summed E-state index contributed by atoms with van der Waals surface area (Å²) < 4.78 is 17.6. The molecule has 0 bridgehead atoms. The molecule has 0 aromatic rings. The number of allylic oxidation sites excluding steroid dienone is 1. The highest BCUT2D eigenvalue weighted by atomic mass is 16.8. The largest absolute Gasteiger partial charge is 0.466 e. The van der Waals surface area contributed by atoms with E-state index < -0.39 is 5.79 Å². The fourth-order valence-electron chi connectivity index (χ4n) is 5.15. The minimum absolute atomic E-state index is 0.0392. The summed E-state index contributed by atoms with van der Waals surface area (Å²) in [6.45, 7) is 4.52. The van der Waals surface area contributed by atoms with Gasteiger partial charge in [0.2, 0.25) is 5.79 Å². The van der Waals surface area contributed by atoms with Gasteiger partial charge in [0.25, 0.3) is 0 Å². The van der Waals surface area contributed by atoms with E-state index in [1.54, 1.807) is 0 Å². The van der Waals surface area contributed by atoms with Crippen LogP contribution in [0.1, 0.15) is 90.9 Å². The number of hydrogen-bond acceptors (Lipinski definition) is 5. The molecule has 0 amide bonds. The Morgan fingerprint density at radius 2 is 1.52 bits per heavy atom. The maximum atomic E-state index is 6.63. The topological polar surface area (TPSA) is 40.2 Å². The Morgan fingerprint density at radius 1 is 0.889 bits per heavy atom. The lowest BCUT2D eigenvalue weighted by atomic mass is 9.90. The molecular weight excluding hydrogens is 342 g/mol. The molecule has 2 unspecified atom stereocenters. The van der Waals surface area contributed by atoms with Gasteiger partial charge in [0.15, 0.2) is 0 Å². The van der Waals surface area contributed by atoms with Gasteiger partial charge < -0.3 is 14.2 Å². The third-order valence-corrected chi connectivity index (χ3v) is 6.51. The molecule has 5 heteroatoms. The van der Waals surface area contributed by atoms with Crippen molar-refractivity contribution in [2.75, 3.05) is 6.79 Å². The predicted octanol–water partition coefficient (Wildman–Crippen LogP) is 5.06. The summed E-state index contributed by atoms with van der Waals surface area (Å²) in [7, 11) is 0. The molecule has 4 aliphatic rings. The lowest BCUT2D eigenvalue weighted by molar-refractivity contribution is -0.350. The van der Waals surface area contributed by atoms with Crippen LogP contribution in [0.25, 0.3) is 0 Å². The minimum atomic E-state index is -0.660. The molecule has 154 valence electrons. The Balaban J connectivity index is 1.42. The summed E-state index contributed by atoms with van der Waals surface area (Å²) in [6.07, 6.45) is 17.2. The van der Waals surface area contributed by atoms with Crippen molar-refractivity contribution in [3.05, 3.63) is 11.8 Å². The molecule has 0 aromatic heterocycles. The molecule has 0 spiro atoms. The highest BCUT2D eigenvalue weighted by Crippen LogP contribution is 2.35. The Kier molecular flexibility index (Phi) is 6.42. The predicted molar refractivity (Wildman–Crippen MR) is 104 cm³/mol. The van der Waals surface area contributed by atoms with E-state index in [-0.39, 0.29) is 12.2 Å². The number of rotatable bonds is 6. The molecular formula is C22H37NO4. The molecule has 27 heavy (non-hydrogen) atoms. The van der Waals surface area contributed by atoms with Gasteiger partial charge in [-0.3, -0.25) is 4.84 Å². The quantitative estimate of drug-likeness (QED) is 0.477. The number of nitrogens with zero attached hydrogens (tertiary/aromatic N) is 1. The molecule has 3 fully saturated rings. The molecule has 1 aliphatic heterocycles. The summed E-state index contributed by atoms with van der Waals surface area (Å²) in [4.78, 5) is 6.63. The van der Waals surface area contributed by atoms with Crippen LogP contribution in [-0.4, -0.2) is 41.9 Å². The molecule has 0 aromatic carbocycles. The molecule has 3 aliphatic carbocycles. The van der Waals surface area contributed by atoms with E-state index in [0.29, 0.717) is 18.9 Å². The highest BCUT2D eigenvalue weighted by Gasteiger charge is 2.37. The van der Waals surface area contributed by atoms with Gasteiger partial charge in [-0.1, -0.05) is 38.5 Å². The van der Waals surface area contributed by atoms with Crippen LogP contribution in [0.5, 0.6) is 0 Å². The van der Waals surface area contributed by atoms with Crippen LogP contribution in [-0.2, 0) is 19.0 Å². The fraction of sp³-hybridized carbons (Fsp3) is 0.909. The maximum Gasteiger partial charge on any atom is 0.222 e. The first kappa shape index (κ1) is 19.7. The smallest absolute Gasteiger partial charge is 0.222 e. The molecule has 5 nitrogen and oxygen atoms in total. The van der Waals surface area contributed by atoms with Gasteiger partial charge in [0, 0.05) is 32.4 Å². The van der Waals surface area contributed by atoms with E-state index in [0.717, 1.165) is 18.6 Å². The van der Waals surface area contributed by atoms with Gasteiger partial charge in [-0.25, -0.2) is 0 Å². The Labute approximate surface area is 164 Å². The van der Waals surface area contributed by atoms with Crippen LogP contribution in [0, 0.1) is 0 Å². The second-order valence-corrected chi connectivity index (χ2v) is 9.16. The Morgan fingerprint density at radius 3 is 2.15 bits per heavy atom. The summed E-state index contributed by atoms with van der Waals surface area (Å²) in [5.74, 6) is 0.325. The number of ether oxygens (including phenoxy) is 3. The standard InChI is InChI=1S/C22H37NO4/c1-22(2,26-19-13-14-20-21(15-19)25-16-24-20)27-23(17-9-5-3-6-10-17)18-11-7-4-8-12-18/h15,17-18,20-21H,3-14,16H2,1-2H3. The second-order valence-electron chi connectivity index (χ2n) is 9.16. The van der Waals surface area contributed by atoms with Crippen LogP contribution in [0.4, 0.5) is 0 Å². The lowest BCUT2D eigenvalue weighted by Crippen LogP contribution is -2.50. The zero-order valence-electron chi connectivity index (χ0n) is 17.2. The summed E-state index contributed by atoms with van der Waals surface area (Å²) >= 11 is 0. The van der Waals surface area contributed by atoms with Gasteiger partial charge in [0.05, 0.1) is 11.9 Å². The summed E-state index contributed by atoms with van der Waals surface area (Å²) in [6, 6.07) is 1.09. The second kappa shape index (κ2) is 8.81. The number of hydroxylamine groups is 2. The lowest BCUT2D eigenvalue weighted by Gasteiger charge is -2.44. The third-order valence-electron chi connectivity index (χ3n) is 6.51. The molecule has 1 heterocycles. The molecule has 2 atom stereocenters. The van der Waals surface area contributed by atoms with Gasteiger partial charge >= 0.3 is 0 Å². The third kappa shape index (κ3) is 5.06. The van der Waals surface area contributed by atoms with Crippen molar-refractivity contribution in [2.45, 2.75) is 121 Å². The average molecular weight is 380 g/mol. The van der Waals surface area contributed by atoms with E-state index in [1.165, 1.54) is 64.2 Å². The Hall–Kier alpha value is -0.620. The average Bonchev–Trinajstić information content (AvgIpc) is 3.15. The summed E-state index contributed by atoms with van der Waals surface area (Å²) in [5.41, 5.74) is 0. The van der Waals surface area contributed by atoms with Crippen molar-refractivity contribution >= 4 is 0 Å². The molecule has 2 saturated carbocycles. The van der Waals surface area contributed by atoms with Gasteiger partial charge in [-0.05, 0) is 38.2 Å². The Bertz CT molecular complexity index is 490. The fourth-order valence-corrected chi connectivity index (χ4v) is 5.15. The van der Waals surface area contributed by atoms with Gasteiger partial charge in [0.1, 0.15) is 12.9 Å². The van der Waals surface area contributed by atoms with Crippen molar-refractivity contribution in [1.82, 2.24) is 5.06 Å². The van der Waals surface area contributed by atoms with Crippen molar-refractivity contribution in [3.8, 4) is 0 Å². The van der Waals surface area contributed by atoms with E-state index in [2.05, 4.69) is 25.0 Å². The minimum Gasteiger partial charge on any atom is -0.466 e. The molecule has 4 rings (SSSR count). The number of fused-ring (bicyclic) bond motifs is 1. The first-order valence-corrected chi connectivity index (χ1v) is 11.2. The van der Waals surface area contributed by atoms with Crippen molar-refractivity contribution in [1.29, 1.82) is 0 Å². The van der Waals surface area contributed by atoms with Crippen molar-refractivity contribution < 1.29 is 19.0 Å². The van der Waals surface area contributed by atoms with E-state index in [4.69, 9.17) is 19.0 Å². The molecule has 1 saturated heterocycles. The normalized spacial score (nSPS) is 31.0. The van der Waals surface area contributed by atoms with Crippen LogP contribution >= 0.6 is 0 Å².